The summed E-state index contributed by atoms with van der Waals surface area (Å²) >= 11 is 7.99. The van der Waals surface area contributed by atoms with Gasteiger partial charge in [0.2, 0.25) is 5.89 Å². The van der Waals surface area contributed by atoms with Crippen LogP contribution in [0.15, 0.2) is 53.1 Å². The highest BCUT2D eigenvalue weighted by atomic mass is 35.5. The van der Waals surface area contributed by atoms with Gasteiger partial charge in [-0.1, -0.05) is 47.0 Å². The number of hydrogen-bond acceptors (Lipinski definition) is 7. The summed E-state index contributed by atoms with van der Waals surface area (Å²) in [5.41, 5.74) is 1.35. The van der Waals surface area contributed by atoms with Gasteiger partial charge < -0.3 is 14.6 Å². The number of carbonyl (C=O) groups is 1. The number of aromatic nitrogens is 3. The Morgan fingerprint density at radius 1 is 1.17 bits per heavy atom. The molecule has 9 heteroatoms. The van der Waals surface area contributed by atoms with Crippen LogP contribution in [-0.4, -0.2) is 45.7 Å². The summed E-state index contributed by atoms with van der Waals surface area (Å²) in [6, 6.07) is 13.2. The van der Waals surface area contributed by atoms with Crippen molar-refractivity contribution in [2.24, 2.45) is 0 Å². The monoisotopic (exact) mass is 429 g/mol. The molecule has 1 atom stereocenters. The van der Waals surface area contributed by atoms with Crippen molar-refractivity contribution < 1.29 is 9.21 Å². The van der Waals surface area contributed by atoms with Crippen LogP contribution in [0.4, 0.5) is 6.01 Å². The summed E-state index contributed by atoms with van der Waals surface area (Å²) in [5.74, 6) is 2.09. The van der Waals surface area contributed by atoms with E-state index in [1.807, 2.05) is 42.1 Å². The molecule has 7 nitrogen and oxygen atoms in total. The Balaban J connectivity index is 1.57. The predicted octanol–water partition coefficient (Wildman–Crippen LogP) is 3.39. The quantitative estimate of drug-likeness (QED) is 0.601. The highest BCUT2D eigenvalue weighted by Crippen LogP contribution is 2.24. The van der Waals surface area contributed by atoms with Crippen LogP contribution in [0.2, 0.25) is 5.15 Å². The van der Waals surface area contributed by atoms with E-state index in [2.05, 4.69) is 25.4 Å². The third-order valence-corrected chi connectivity index (χ3v) is 5.85. The Kier molecular flexibility index (Phi) is 6.31. The SMILES string of the molecule is O=C(N[C@H](Cc1ccccc1)c1nnc(N2CCSCC2)o1)c1cccnc1Cl. The lowest BCUT2D eigenvalue weighted by molar-refractivity contribution is 0.0930. The van der Waals surface area contributed by atoms with Crippen molar-refractivity contribution in [3.8, 4) is 0 Å². The molecule has 1 aliphatic rings. The average molecular weight is 430 g/mol. The molecule has 0 spiro atoms. The summed E-state index contributed by atoms with van der Waals surface area (Å²) in [7, 11) is 0. The van der Waals surface area contributed by atoms with Crippen LogP contribution in [0, 0.1) is 0 Å². The normalized spacial score (nSPS) is 15.1. The fourth-order valence-electron chi connectivity index (χ4n) is 3.09. The van der Waals surface area contributed by atoms with Crippen LogP contribution < -0.4 is 10.2 Å². The maximum Gasteiger partial charge on any atom is 0.318 e. The fourth-order valence-corrected chi connectivity index (χ4v) is 4.20. The lowest BCUT2D eigenvalue weighted by atomic mass is 10.1. The van der Waals surface area contributed by atoms with Gasteiger partial charge in [-0.15, -0.1) is 5.10 Å². The van der Waals surface area contributed by atoms with E-state index in [1.165, 1.54) is 0 Å². The topological polar surface area (TPSA) is 84.2 Å². The molecule has 1 N–H and O–H groups in total. The van der Waals surface area contributed by atoms with E-state index in [1.54, 1.807) is 18.3 Å². The third-order valence-electron chi connectivity index (χ3n) is 4.60. The number of amides is 1. The highest BCUT2D eigenvalue weighted by Gasteiger charge is 2.25. The van der Waals surface area contributed by atoms with Crippen molar-refractivity contribution in [1.82, 2.24) is 20.5 Å². The van der Waals surface area contributed by atoms with E-state index in [0.717, 1.165) is 30.2 Å². The van der Waals surface area contributed by atoms with Crippen LogP contribution in [0.3, 0.4) is 0 Å². The Labute approximate surface area is 177 Å². The van der Waals surface area contributed by atoms with Crippen LogP contribution in [0.25, 0.3) is 0 Å². The Morgan fingerprint density at radius 2 is 1.97 bits per heavy atom. The van der Waals surface area contributed by atoms with Crippen LogP contribution in [-0.2, 0) is 6.42 Å². The Morgan fingerprint density at radius 3 is 2.72 bits per heavy atom. The minimum atomic E-state index is -0.485. The molecule has 0 saturated carbocycles. The van der Waals surface area contributed by atoms with E-state index in [4.69, 9.17) is 16.0 Å². The van der Waals surface area contributed by atoms with Gasteiger partial charge in [-0.3, -0.25) is 4.79 Å². The Hall–Kier alpha value is -2.58. The van der Waals surface area contributed by atoms with Crippen LogP contribution in [0.1, 0.15) is 27.9 Å². The van der Waals surface area contributed by atoms with Gasteiger partial charge in [-0.25, -0.2) is 4.98 Å². The predicted molar refractivity (Wildman–Crippen MR) is 113 cm³/mol. The number of benzene rings is 1. The summed E-state index contributed by atoms with van der Waals surface area (Å²) in [5, 5.41) is 11.6. The second-order valence-corrected chi connectivity index (χ2v) is 8.16. The molecular formula is C20H20ClN5O2S. The molecule has 3 aromatic rings. The first-order valence-corrected chi connectivity index (χ1v) is 10.9. The zero-order valence-corrected chi connectivity index (χ0v) is 17.2. The summed E-state index contributed by atoms with van der Waals surface area (Å²) in [6.07, 6.45) is 2.06. The minimum Gasteiger partial charge on any atom is -0.406 e. The second-order valence-electron chi connectivity index (χ2n) is 6.58. The van der Waals surface area contributed by atoms with Gasteiger partial charge in [0.05, 0.1) is 5.56 Å². The van der Waals surface area contributed by atoms with Crippen molar-refractivity contribution in [1.29, 1.82) is 0 Å². The standard InChI is InChI=1S/C20H20ClN5O2S/c21-17-15(7-4-8-22-17)18(27)23-16(13-14-5-2-1-3-6-14)19-24-25-20(28-19)26-9-11-29-12-10-26/h1-8,16H,9-13H2,(H,23,27)/t16-/m1/s1. The van der Waals surface area contributed by atoms with E-state index < -0.39 is 6.04 Å². The Bertz CT molecular complexity index is 962. The average Bonchev–Trinajstić information content (AvgIpc) is 3.25. The smallest absolute Gasteiger partial charge is 0.318 e. The summed E-state index contributed by atoms with van der Waals surface area (Å²) in [6.45, 7) is 1.74. The van der Waals surface area contributed by atoms with Gasteiger partial charge in [0, 0.05) is 37.2 Å². The van der Waals surface area contributed by atoms with Crippen molar-refractivity contribution in [3.63, 3.8) is 0 Å². The first-order valence-electron chi connectivity index (χ1n) is 9.32. The first-order chi connectivity index (χ1) is 14.2. The second kappa shape index (κ2) is 9.28. The maximum atomic E-state index is 12.8. The summed E-state index contributed by atoms with van der Waals surface area (Å²) < 4.78 is 5.96. The highest BCUT2D eigenvalue weighted by molar-refractivity contribution is 7.99. The van der Waals surface area contributed by atoms with Crippen molar-refractivity contribution >= 4 is 35.3 Å². The molecule has 1 amide bonds. The largest absolute Gasteiger partial charge is 0.406 e. The number of nitrogens with one attached hydrogen (secondary N) is 1. The van der Waals surface area contributed by atoms with Crippen molar-refractivity contribution in [3.05, 3.63) is 70.8 Å². The van der Waals surface area contributed by atoms with Gasteiger partial charge in [0.1, 0.15) is 11.2 Å². The minimum absolute atomic E-state index is 0.153. The van der Waals surface area contributed by atoms with Crippen molar-refractivity contribution in [2.45, 2.75) is 12.5 Å². The van der Waals surface area contributed by atoms with E-state index in [-0.39, 0.29) is 11.1 Å². The van der Waals surface area contributed by atoms with Gasteiger partial charge in [0.25, 0.3) is 5.91 Å². The molecule has 3 heterocycles. The molecule has 150 valence electrons. The number of halogens is 1. The number of pyridine rings is 1. The molecule has 0 radical (unpaired) electrons. The molecule has 1 saturated heterocycles. The van der Waals surface area contributed by atoms with E-state index >= 15 is 0 Å². The zero-order valence-electron chi connectivity index (χ0n) is 15.6. The molecule has 1 aromatic carbocycles. The number of nitrogens with zero attached hydrogens (tertiary/aromatic N) is 4. The van der Waals surface area contributed by atoms with Crippen molar-refractivity contribution in [2.75, 3.05) is 29.5 Å². The fraction of sp³-hybridized carbons (Fsp3) is 0.300. The molecule has 2 aromatic heterocycles. The van der Waals surface area contributed by atoms with Gasteiger partial charge in [-0.05, 0) is 17.7 Å². The van der Waals surface area contributed by atoms with Gasteiger partial charge in [-0.2, -0.15) is 11.8 Å². The van der Waals surface area contributed by atoms with E-state index in [9.17, 15) is 4.79 Å². The van der Waals surface area contributed by atoms with E-state index in [0.29, 0.717) is 23.9 Å². The van der Waals surface area contributed by atoms with Crippen LogP contribution in [0.5, 0.6) is 0 Å². The molecule has 29 heavy (non-hydrogen) atoms. The maximum absolute atomic E-state index is 12.8. The van der Waals surface area contributed by atoms with Gasteiger partial charge in [0.15, 0.2) is 0 Å². The van der Waals surface area contributed by atoms with Crippen LogP contribution >= 0.6 is 23.4 Å². The molecule has 1 fully saturated rings. The van der Waals surface area contributed by atoms with Gasteiger partial charge >= 0.3 is 6.01 Å². The molecule has 0 aliphatic carbocycles. The first kappa shape index (κ1) is 19.7. The lowest BCUT2D eigenvalue weighted by Crippen LogP contribution is -2.32. The third kappa shape index (κ3) is 4.89. The molecule has 4 rings (SSSR count). The molecule has 0 bridgehead atoms. The summed E-state index contributed by atoms with van der Waals surface area (Å²) in [4.78, 5) is 18.9. The number of carbonyl (C=O) groups excluding carboxylic acids is 1. The number of hydrogen-bond donors (Lipinski definition) is 1. The number of anilines is 1. The lowest BCUT2D eigenvalue weighted by Gasteiger charge is -2.24. The molecular weight excluding hydrogens is 410 g/mol. The molecule has 0 unspecified atom stereocenters. The number of rotatable bonds is 6. The molecule has 1 aliphatic heterocycles. The number of thioether (sulfide) groups is 1. The zero-order chi connectivity index (χ0) is 20.1.